The quantitative estimate of drug-likeness (QED) is 0.610. The van der Waals surface area contributed by atoms with Crippen molar-refractivity contribution in [2.75, 3.05) is 13.1 Å². The van der Waals surface area contributed by atoms with Crippen LogP contribution in [0.3, 0.4) is 0 Å². The van der Waals surface area contributed by atoms with Gasteiger partial charge in [0.1, 0.15) is 6.54 Å². The van der Waals surface area contributed by atoms with E-state index >= 15 is 0 Å². The molecule has 4 atom stereocenters. The lowest BCUT2D eigenvalue weighted by atomic mass is 9.75. The molecule has 4 fully saturated rings. The molecule has 9 heteroatoms. The molecule has 0 aromatic heterocycles. The van der Waals surface area contributed by atoms with Gasteiger partial charge in [-0.15, -0.1) is 0 Å². The van der Waals surface area contributed by atoms with Crippen molar-refractivity contribution in [3.05, 3.63) is 0 Å². The lowest BCUT2D eigenvalue weighted by Gasteiger charge is -2.50. The molecule has 0 radical (unpaired) electrons. The minimum Gasteiger partial charge on any atom is -0.353 e. The van der Waals surface area contributed by atoms with Crippen LogP contribution >= 0.6 is 0 Å². The van der Waals surface area contributed by atoms with Gasteiger partial charge in [-0.3, -0.25) is 14.5 Å². The molecule has 2 aliphatic heterocycles. The van der Waals surface area contributed by atoms with Crippen LogP contribution in [0.25, 0.3) is 0 Å². The lowest BCUT2D eigenvalue weighted by Crippen LogP contribution is -2.67. The standard InChI is InChI=1S/C23H36N6O3/c1-15(2)10-12-27-21(31)18-9-8-16(20(30)25-17-6-4-3-5-7-17)14-19(18)29-22(27)26-28(13-11-24)23(29)32/h15-19,22,26H,3-10,12-14H2,1-2H3,(H,25,30). The fourth-order valence-corrected chi connectivity index (χ4v) is 5.74. The zero-order valence-corrected chi connectivity index (χ0v) is 19.3. The van der Waals surface area contributed by atoms with E-state index < -0.39 is 6.29 Å². The minimum absolute atomic E-state index is 0.0575. The van der Waals surface area contributed by atoms with Gasteiger partial charge in [-0.2, -0.15) is 10.7 Å². The van der Waals surface area contributed by atoms with Crippen molar-refractivity contribution < 1.29 is 14.4 Å². The number of carbonyl (C=O) groups is 3. The number of nitrogens with one attached hydrogen (secondary N) is 2. The van der Waals surface area contributed by atoms with Crippen LogP contribution in [-0.2, 0) is 9.59 Å². The zero-order valence-electron chi connectivity index (χ0n) is 19.3. The number of hydrogen-bond donors (Lipinski definition) is 2. The number of urea groups is 1. The molecule has 176 valence electrons. The highest BCUT2D eigenvalue weighted by atomic mass is 16.2. The second kappa shape index (κ2) is 9.65. The summed E-state index contributed by atoms with van der Waals surface area (Å²) in [4.78, 5) is 43.1. The maximum absolute atomic E-state index is 13.4. The van der Waals surface area contributed by atoms with E-state index in [9.17, 15) is 14.4 Å². The lowest BCUT2D eigenvalue weighted by molar-refractivity contribution is -0.159. The first-order valence-corrected chi connectivity index (χ1v) is 12.2. The Kier molecular flexibility index (Phi) is 6.89. The third kappa shape index (κ3) is 4.42. The Morgan fingerprint density at radius 2 is 1.94 bits per heavy atom. The number of hydrazine groups is 1. The molecule has 9 nitrogen and oxygen atoms in total. The Bertz CT molecular complexity index is 774. The van der Waals surface area contributed by atoms with Gasteiger partial charge in [0.25, 0.3) is 0 Å². The molecule has 0 spiro atoms. The van der Waals surface area contributed by atoms with Crippen LogP contribution < -0.4 is 10.7 Å². The van der Waals surface area contributed by atoms with Crippen molar-refractivity contribution in [2.24, 2.45) is 17.8 Å². The topological polar surface area (TPSA) is 109 Å². The first-order chi connectivity index (χ1) is 15.4. The van der Waals surface area contributed by atoms with Crippen LogP contribution in [0, 0.1) is 29.1 Å². The third-order valence-corrected chi connectivity index (χ3v) is 7.55. The molecule has 2 N–H and O–H groups in total. The van der Waals surface area contributed by atoms with E-state index in [1.807, 2.05) is 6.07 Å². The van der Waals surface area contributed by atoms with E-state index in [1.165, 1.54) is 11.4 Å². The number of nitriles is 1. The van der Waals surface area contributed by atoms with Gasteiger partial charge in [0.05, 0.1) is 12.0 Å². The number of fused-ring (bicyclic) bond motifs is 3. The molecule has 0 aromatic rings. The summed E-state index contributed by atoms with van der Waals surface area (Å²) in [7, 11) is 0. The number of rotatable bonds is 6. The van der Waals surface area contributed by atoms with Crippen LogP contribution in [0.5, 0.6) is 0 Å². The first-order valence-electron chi connectivity index (χ1n) is 12.2. The van der Waals surface area contributed by atoms with Gasteiger partial charge < -0.3 is 10.2 Å². The smallest absolute Gasteiger partial charge is 0.338 e. The van der Waals surface area contributed by atoms with Crippen LogP contribution in [0.4, 0.5) is 4.79 Å². The average molecular weight is 445 g/mol. The highest BCUT2D eigenvalue weighted by Gasteiger charge is 2.55. The van der Waals surface area contributed by atoms with Crippen molar-refractivity contribution >= 4 is 17.8 Å². The Balaban J connectivity index is 1.51. The van der Waals surface area contributed by atoms with E-state index in [1.54, 1.807) is 9.80 Å². The average Bonchev–Trinajstić information content (AvgIpc) is 3.10. The Labute approximate surface area is 190 Å². The summed E-state index contributed by atoms with van der Waals surface area (Å²) in [5.74, 6) is 0.0781. The molecule has 0 aromatic carbocycles. The second-order valence-corrected chi connectivity index (χ2v) is 10.2. The number of amides is 4. The predicted octanol–water partition coefficient (Wildman–Crippen LogP) is 2.16. The van der Waals surface area contributed by atoms with Crippen LogP contribution in [0.2, 0.25) is 0 Å². The molecule has 2 saturated carbocycles. The molecule has 32 heavy (non-hydrogen) atoms. The van der Waals surface area contributed by atoms with Gasteiger partial charge >= 0.3 is 6.03 Å². The molecule has 0 bridgehead atoms. The molecule has 2 saturated heterocycles. The van der Waals surface area contributed by atoms with Crippen LogP contribution in [0.1, 0.15) is 71.6 Å². The molecule has 2 aliphatic carbocycles. The van der Waals surface area contributed by atoms with Crippen molar-refractivity contribution in [1.82, 2.24) is 25.6 Å². The normalized spacial score (nSPS) is 30.9. The van der Waals surface area contributed by atoms with Gasteiger partial charge in [0.15, 0.2) is 6.29 Å². The molecular weight excluding hydrogens is 408 g/mol. The Hall–Kier alpha value is -2.34. The van der Waals surface area contributed by atoms with E-state index in [0.717, 1.165) is 32.1 Å². The number of carbonyl (C=O) groups excluding carboxylic acids is 3. The molecule has 4 amide bonds. The van der Waals surface area contributed by atoms with Gasteiger partial charge in [-0.1, -0.05) is 33.1 Å². The van der Waals surface area contributed by atoms with Crippen molar-refractivity contribution in [3.8, 4) is 6.07 Å². The second-order valence-electron chi connectivity index (χ2n) is 10.2. The number of nitrogens with zero attached hydrogens (tertiary/aromatic N) is 4. The summed E-state index contributed by atoms with van der Waals surface area (Å²) in [6.07, 6.45) is 7.66. The van der Waals surface area contributed by atoms with Crippen molar-refractivity contribution in [1.29, 1.82) is 5.26 Å². The highest BCUT2D eigenvalue weighted by Crippen LogP contribution is 2.40. The minimum atomic E-state index is -0.580. The van der Waals surface area contributed by atoms with E-state index in [4.69, 9.17) is 5.26 Å². The Morgan fingerprint density at radius 1 is 1.19 bits per heavy atom. The summed E-state index contributed by atoms with van der Waals surface area (Å²) in [6.45, 7) is 4.70. The molecule has 2 heterocycles. The number of hydrogen-bond acceptors (Lipinski definition) is 5. The zero-order chi connectivity index (χ0) is 22.8. The van der Waals surface area contributed by atoms with E-state index in [0.29, 0.717) is 31.7 Å². The van der Waals surface area contributed by atoms with Crippen LogP contribution in [-0.4, -0.2) is 64.1 Å². The fraction of sp³-hybridized carbons (Fsp3) is 0.826. The molecule has 4 rings (SSSR count). The SMILES string of the molecule is CC(C)CCN1C(=O)C2CCC(C(=O)NC3CCCCC3)CC2N2C(=O)N(CC#N)NC12. The third-order valence-electron chi connectivity index (χ3n) is 7.55. The summed E-state index contributed by atoms with van der Waals surface area (Å²) in [5, 5.41) is 13.7. The summed E-state index contributed by atoms with van der Waals surface area (Å²) in [5.41, 5.74) is 3.08. The summed E-state index contributed by atoms with van der Waals surface area (Å²) >= 11 is 0. The monoisotopic (exact) mass is 444 g/mol. The van der Waals surface area contributed by atoms with E-state index in [2.05, 4.69) is 24.6 Å². The van der Waals surface area contributed by atoms with Crippen molar-refractivity contribution in [3.63, 3.8) is 0 Å². The maximum Gasteiger partial charge on any atom is 0.338 e. The fourth-order valence-electron chi connectivity index (χ4n) is 5.74. The largest absolute Gasteiger partial charge is 0.353 e. The molecule has 4 aliphatic rings. The van der Waals surface area contributed by atoms with Gasteiger partial charge in [0.2, 0.25) is 11.8 Å². The van der Waals surface area contributed by atoms with Gasteiger partial charge in [-0.05, 0) is 44.4 Å². The van der Waals surface area contributed by atoms with Crippen LogP contribution in [0.15, 0.2) is 0 Å². The Morgan fingerprint density at radius 3 is 2.62 bits per heavy atom. The maximum atomic E-state index is 13.4. The van der Waals surface area contributed by atoms with Gasteiger partial charge in [-0.25, -0.2) is 9.80 Å². The summed E-state index contributed by atoms with van der Waals surface area (Å²) < 4.78 is 0. The predicted molar refractivity (Wildman–Crippen MR) is 117 cm³/mol. The molecule has 4 unspecified atom stereocenters. The van der Waals surface area contributed by atoms with Crippen molar-refractivity contribution in [2.45, 2.75) is 90.0 Å². The van der Waals surface area contributed by atoms with Gasteiger partial charge in [0, 0.05) is 24.5 Å². The van der Waals surface area contributed by atoms with E-state index in [-0.39, 0.29) is 48.3 Å². The molecular formula is C23H36N6O3. The summed E-state index contributed by atoms with van der Waals surface area (Å²) in [6, 6.07) is 1.68. The first kappa shape index (κ1) is 22.8. The highest BCUT2D eigenvalue weighted by molar-refractivity contribution is 5.87.